The van der Waals surface area contributed by atoms with Crippen molar-refractivity contribution in [3.8, 4) is 11.5 Å². The van der Waals surface area contributed by atoms with Crippen LogP contribution >= 0.6 is 0 Å². The van der Waals surface area contributed by atoms with E-state index in [9.17, 15) is 18.8 Å². The van der Waals surface area contributed by atoms with Gasteiger partial charge in [0.2, 0.25) is 18.6 Å². The molecule has 10 heteroatoms. The Morgan fingerprint density at radius 1 is 1.29 bits per heavy atom. The monoisotopic (exact) mass is 437 g/mol. The standard InChI is InChI=1S/C21H28FN3O6/c1-2-3-5-14(18(22)20(27)24-29)21(28)25-9-4-6-15(25)19(26)23-11-13-7-8-16-17(10-13)31-12-30-16/h7-8,10,14-15,18,29H,2-6,9,11-12H2,1H3,(H,23,26)(H,24,27)/t14-,15+,18+/m1/s1. The van der Waals surface area contributed by atoms with E-state index in [1.807, 2.05) is 13.0 Å². The molecule has 0 spiro atoms. The molecule has 0 radical (unpaired) electrons. The quantitative estimate of drug-likeness (QED) is 0.400. The van der Waals surface area contributed by atoms with Crippen LogP contribution in [0.4, 0.5) is 4.39 Å². The molecule has 3 atom stereocenters. The van der Waals surface area contributed by atoms with Gasteiger partial charge in [0, 0.05) is 13.1 Å². The van der Waals surface area contributed by atoms with Crippen molar-refractivity contribution in [3.05, 3.63) is 23.8 Å². The van der Waals surface area contributed by atoms with Crippen molar-refractivity contribution in [2.45, 2.75) is 57.8 Å². The van der Waals surface area contributed by atoms with Crippen LogP contribution < -0.4 is 20.3 Å². The normalized spacial score (nSPS) is 19.1. The highest BCUT2D eigenvalue weighted by molar-refractivity contribution is 5.92. The van der Waals surface area contributed by atoms with E-state index < -0.39 is 29.9 Å². The van der Waals surface area contributed by atoms with E-state index in [0.29, 0.717) is 37.3 Å². The fraction of sp³-hybridized carbons (Fsp3) is 0.571. The molecule has 170 valence electrons. The van der Waals surface area contributed by atoms with Gasteiger partial charge in [0.25, 0.3) is 5.91 Å². The lowest BCUT2D eigenvalue weighted by Gasteiger charge is -2.29. The van der Waals surface area contributed by atoms with Crippen molar-refractivity contribution in [2.24, 2.45) is 5.92 Å². The number of nitrogens with one attached hydrogen (secondary N) is 2. The van der Waals surface area contributed by atoms with Gasteiger partial charge >= 0.3 is 0 Å². The third-order valence-corrected chi connectivity index (χ3v) is 5.64. The Labute approximate surface area is 179 Å². The zero-order valence-corrected chi connectivity index (χ0v) is 17.4. The van der Waals surface area contributed by atoms with Crippen molar-refractivity contribution in [2.75, 3.05) is 13.3 Å². The maximum Gasteiger partial charge on any atom is 0.278 e. The summed E-state index contributed by atoms with van der Waals surface area (Å²) in [5.41, 5.74) is 2.09. The van der Waals surface area contributed by atoms with E-state index in [1.165, 1.54) is 10.4 Å². The maximum absolute atomic E-state index is 14.6. The highest BCUT2D eigenvalue weighted by atomic mass is 19.1. The van der Waals surface area contributed by atoms with Crippen LogP contribution in [0.3, 0.4) is 0 Å². The zero-order valence-electron chi connectivity index (χ0n) is 17.4. The van der Waals surface area contributed by atoms with Crippen LogP contribution in [0.2, 0.25) is 0 Å². The topological polar surface area (TPSA) is 117 Å². The number of hydroxylamine groups is 1. The van der Waals surface area contributed by atoms with E-state index in [4.69, 9.17) is 14.7 Å². The molecule has 2 aliphatic heterocycles. The lowest BCUT2D eigenvalue weighted by Crippen LogP contribution is -2.50. The number of carbonyl (C=O) groups excluding carboxylic acids is 3. The first-order valence-corrected chi connectivity index (χ1v) is 10.5. The number of benzene rings is 1. The Bertz CT molecular complexity index is 820. The summed E-state index contributed by atoms with van der Waals surface area (Å²) in [5, 5.41) is 11.6. The van der Waals surface area contributed by atoms with E-state index in [2.05, 4.69) is 5.32 Å². The minimum Gasteiger partial charge on any atom is -0.454 e. The Morgan fingerprint density at radius 3 is 2.81 bits per heavy atom. The molecule has 1 fully saturated rings. The summed E-state index contributed by atoms with van der Waals surface area (Å²) < 4.78 is 25.1. The number of hydrogen-bond donors (Lipinski definition) is 3. The third kappa shape index (κ3) is 5.25. The molecule has 0 saturated carbocycles. The molecule has 31 heavy (non-hydrogen) atoms. The largest absolute Gasteiger partial charge is 0.454 e. The number of hydrogen-bond acceptors (Lipinski definition) is 6. The highest BCUT2D eigenvalue weighted by Crippen LogP contribution is 2.32. The minimum atomic E-state index is -2.18. The Balaban J connectivity index is 1.64. The predicted molar refractivity (Wildman–Crippen MR) is 107 cm³/mol. The molecule has 9 nitrogen and oxygen atoms in total. The Morgan fingerprint density at radius 2 is 2.06 bits per heavy atom. The number of carbonyl (C=O) groups is 3. The second-order valence-corrected chi connectivity index (χ2v) is 7.72. The molecule has 0 aromatic heterocycles. The number of alkyl halides is 1. The molecule has 0 aliphatic carbocycles. The number of ether oxygens (including phenoxy) is 2. The molecular weight excluding hydrogens is 409 g/mol. The van der Waals surface area contributed by atoms with Crippen LogP contribution in [0.1, 0.15) is 44.6 Å². The first kappa shape index (κ1) is 22.8. The van der Waals surface area contributed by atoms with Crippen molar-refractivity contribution in [1.82, 2.24) is 15.7 Å². The van der Waals surface area contributed by atoms with Gasteiger partial charge in [0.15, 0.2) is 17.7 Å². The Hall–Kier alpha value is -2.88. The molecule has 0 bridgehead atoms. The molecule has 3 rings (SSSR count). The lowest BCUT2D eigenvalue weighted by atomic mass is 9.94. The molecule has 2 heterocycles. The van der Waals surface area contributed by atoms with Gasteiger partial charge in [0.05, 0.1) is 5.92 Å². The molecule has 0 unspecified atom stereocenters. The van der Waals surface area contributed by atoms with Crippen molar-refractivity contribution < 1.29 is 33.5 Å². The predicted octanol–water partition coefficient (Wildman–Crippen LogP) is 1.67. The van der Waals surface area contributed by atoms with Gasteiger partial charge < -0.3 is 19.7 Å². The fourth-order valence-electron chi connectivity index (χ4n) is 3.94. The molecular formula is C21H28FN3O6. The highest BCUT2D eigenvalue weighted by Gasteiger charge is 2.41. The van der Waals surface area contributed by atoms with Crippen molar-refractivity contribution in [1.29, 1.82) is 0 Å². The second-order valence-electron chi connectivity index (χ2n) is 7.72. The van der Waals surface area contributed by atoms with Crippen LogP contribution in [0.15, 0.2) is 18.2 Å². The van der Waals surface area contributed by atoms with Gasteiger partial charge in [-0.25, -0.2) is 9.87 Å². The molecule has 1 saturated heterocycles. The summed E-state index contributed by atoms with van der Waals surface area (Å²) in [6.45, 7) is 2.61. The number of nitrogens with zero attached hydrogens (tertiary/aromatic N) is 1. The van der Waals surface area contributed by atoms with Crippen molar-refractivity contribution >= 4 is 17.7 Å². The lowest BCUT2D eigenvalue weighted by molar-refractivity contribution is -0.149. The first-order valence-electron chi connectivity index (χ1n) is 10.5. The van der Waals surface area contributed by atoms with Crippen LogP contribution in [0, 0.1) is 5.92 Å². The number of amides is 3. The summed E-state index contributed by atoms with van der Waals surface area (Å²) in [4.78, 5) is 38.8. The zero-order chi connectivity index (χ0) is 22.4. The number of halogens is 1. The maximum atomic E-state index is 14.6. The van der Waals surface area contributed by atoms with Crippen LogP contribution in [0.5, 0.6) is 11.5 Å². The van der Waals surface area contributed by atoms with Crippen molar-refractivity contribution in [3.63, 3.8) is 0 Å². The summed E-state index contributed by atoms with van der Waals surface area (Å²) in [7, 11) is 0. The van der Waals surface area contributed by atoms with Gasteiger partial charge in [-0.2, -0.15) is 0 Å². The van der Waals surface area contributed by atoms with Gasteiger partial charge in [-0.1, -0.05) is 25.8 Å². The number of fused-ring (bicyclic) bond motifs is 1. The molecule has 1 aromatic carbocycles. The van der Waals surface area contributed by atoms with E-state index in [1.54, 1.807) is 12.1 Å². The van der Waals surface area contributed by atoms with Gasteiger partial charge in [-0.3, -0.25) is 19.6 Å². The van der Waals surface area contributed by atoms with Gasteiger partial charge in [-0.15, -0.1) is 0 Å². The average molecular weight is 437 g/mol. The Kier molecular flexibility index (Phi) is 7.67. The average Bonchev–Trinajstić information content (AvgIpc) is 3.45. The minimum absolute atomic E-state index is 0.159. The van der Waals surface area contributed by atoms with Gasteiger partial charge in [0.1, 0.15) is 6.04 Å². The van der Waals surface area contributed by atoms with E-state index in [-0.39, 0.29) is 25.7 Å². The van der Waals surface area contributed by atoms with Crippen LogP contribution in [-0.2, 0) is 20.9 Å². The first-order chi connectivity index (χ1) is 15.0. The summed E-state index contributed by atoms with van der Waals surface area (Å²) >= 11 is 0. The van der Waals surface area contributed by atoms with Crippen LogP contribution in [-0.4, -0.2) is 53.4 Å². The summed E-state index contributed by atoms with van der Waals surface area (Å²) in [5.74, 6) is -2.15. The number of rotatable bonds is 9. The fourth-order valence-corrected chi connectivity index (χ4v) is 3.94. The second kappa shape index (κ2) is 10.4. The summed E-state index contributed by atoms with van der Waals surface area (Å²) in [6, 6.07) is 4.63. The molecule has 2 aliphatic rings. The van der Waals surface area contributed by atoms with Gasteiger partial charge in [-0.05, 0) is 37.0 Å². The van der Waals surface area contributed by atoms with E-state index >= 15 is 0 Å². The SMILES string of the molecule is CCCC[C@@H](C(=O)N1CCC[C@H]1C(=O)NCc1ccc2c(c1)OCO2)[C@H](F)C(=O)NO. The molecule has 1 aromatic rings. The molecule has 3 amide bonds. The van der Waals surface area contributed by atoms with E-state index in [0.717, 1.165) is 12.0 Å². The molecule has 3 N–H and O–H groups in total. The number of unbranched alkanes of at least 4 members (excludes halogenated alkanes) is 1. The summed E-state index contributed by atoms with van der Waals surface area (Å²) in [6.07, 6.45) is 0.314. The number of likely N-dealkylation sites (tertiary alicyclic amines) is 1. The third-order valence-electron chi connectivity index (χ3n) is 5.64. The smallest absolute Gasteiger partial charge is 0.278 e. The van der Waals surface area contributed by atoms with Crippen LogP contribution in [0.25, 0.3) is 0 Å².